The molecule has 0 radical (unpaired) electrons. The second kappa shape index (κ2) is 5.39. The Kier molecular flexibility index (Phi) is 3.68. The number of pyridine rings is 1. The van der Waals surface area contributed by atoms with Gasteiger partial charge in [0.2, 0.25) is 0 Å². The van der Waals surface area contributed by atoms with Crippen molar-refractivity contribution in [2.24, 2.45) is 7.05 Å². The molecule has 2 aromatic rings. The SMILES string of the molecule is Cc1nn(C)c(C)c1CN1C(=O)[C@@H](C)Oc2ccc(Br)nc21. The van der Waals surface area contributed by atoms with Crippen molar-refractivity contribution in [3.8, 4) is 5.75 Å². The molecule has 22 heavy (non-hydrogen) atoms. The van der Waals surface area contributed by atoms with Gasteiger partial charge in [-0.05, 0) is 48.8 Å². The van der Waals surface area contributed by atoms with E-state index in [4.69, 9.17) is 4.74 Å². The average molecular weight is 365 g/mol. The normalized spacial score (nSPS) is 17.4. The summed E-state index contributed by atoms with van der Waals surface area (Å²) >= 11 is 3.35. The van der Waals surface area contributed by atoms with Crippen LogP contribution in [0.15, 0.2) is 16.7 Å². The van der Waals surface area contributed by atoms with E-state index in [0.29, 0.717) is 22.7 Å². The van der Waals surface area contributed by atoms with Gasteiger partial charge in [-0.3, -0.25) is 14.4 Å². The van der Waals surface area contributed by atoms with Crippen molar-refractivity contribution < 1.29 is 9.53 Å². The number of fused-ring (bicyclic) bond motifs is 1. The number of hydrogen-bond donors (Lipinski definition) is 0. The van der Waals surface area contributed by atoms with Crippen molar-refractivity contribution in [3.05, 3.63) is 33.7 Å². The molecule has 0 saturated heterocycles. The van der Waals surface area contributed by atoms with Crippen molar-refractivity contribution in [1.82, 2.24) is 14.8 Å². The number of nitrogens with zero attached hydrogens (tertiary/aromatic N) is 4. The molecule has 1 aliphatic heterocycles. The first-order valence-corrected chi connectivity index (χ1v) is 7.81. The molecule has 0 spiro atoms. The zero-order valence-electron chi connectivity index (χ0n) is 12.9. The number of anilines is 1. The standard InChI is InChI=1S/C15H17BrN4O2/c1-8-11(9(2)19(4)18-8)7-20-14-12(5-6-13(16)17-14)22-10(3)15(20)21/h5-6,10H,7H2,1-4H3/t10-/m1/s1. The van der Waals surface area contributed by atoms with Crippen LogP contribution in [0.3, 0.4) is 0 Å². The lowest BCUT2D eigenvalue weighted by Crippen LogP contribution is -2.44. The molecule has 0 aliphatic carbocycles. The molecule has 1 aliphatic rings. The summed E-state index contributed by atoms with van der Waals surface area (Å²) in [6.45, 7) is 6.14. The first-order valence-electron chi connectivity index (χ1n) is 7.02. The third-order valence-electron chi connectivity index (χ3n) is 3.95. The van der Waals surface area contributed by atoms with Gasteiger partial charge < -0.3 is 4.74 Å². The Morgan fingerprint density at radius 2 is 2.09 bits per heavy atom. The van der Waals surface area contributed by atoms with Crippen molar-refractivity contribution in [3.63, 3.8) is 0 Å². The van der Waals surface area contributed by atoms with Gasteiger partial charge in [0.25, 0.3) is 5.91 Å². The Morgan fingerprint density at radius 1 is 1.36 bits per heavy atom. The fourth-order valence-electron chi connectivity index (χ4n) is 2.62. The molecule has 0 N–H and O–H groups in total. The molecular weight excluding hydrogens is 348 g/mol. The minimum absolute atomic E-state index is 0.0965. The van der Waals surface area contributed by atoms with Crippen molar-refractivity contribution >= 4 is 27.7 Å². The summed E-state index contributed by atoms with van der Waals surface area (Å²) in [4.78, 5) is 18.6. The quantitative estimate of drug-likeness (QED) is 0.768. The molecule has 1 atom stereocenters. The molecule has 2 aromatic heterocycles. The van der Waals surface area contributed by atoms with Crippen molar-refractivity contribution in [1.29, 1.82) is 0 Å². The predicted molar refractivity (Wildman–Crippen MR) is 85.9 cm³/mol. The number of aryl methyl sites for hydroxylation is 2. The van der Waals surface area contributed by atoms with Crippen LogP contribution >= 0.6 is 15.9 Å². The molecule has 1 amide bonds. The third kappa shape index (κ3) is 2.39. The van der Waals surface area contributed by atoms with Gasteiger partial charge in [0, 0.05) is 18.3 Å². The fourth-order valence-corrected chi connectivity index (χ4v) is 2.92. The molecule has 0 bridgehead atoms. The molecule has 3 heterocycles. The van der Waals surface area contributed by atoms with Crippen LogP contribution in [0, 0.1) is 13.8 Å². The number of carbonyl (C=O) groups excluding carboxylic acids is 1. The van der Waals surface area contributed by atoms with Gasteiger partial charge in [0.05, 0.1) is 12.2 Å². The molecular formula is C15H17BrN4O2. The number of rotatable bonds is 2. The van der Waals surface area contributed by atoms with Crippen LogP contribution in [-0.2, 0) is 18.4 Å². The van der Waals surface area contributed by atoms with Gasteiger partial charge in [-0.25, -0.2) is 4.98 Å². The van der Waals surface area contributed by atoms with E-state index in [1.165, 1.54) is 0 Å². The highest BCUT2D eigenvalue weighted by atomic mass is 79.9. The highest BCUT2D eigenvalue weighted by Gasteiger charge is 2.33. The fraction of sp³-hybridized carbons (Fsp3) is 0.400. The number of aromatic nitrogens is 3. The molecule has 0 fully saturated rings. The molecule has 3 rings (SSSR count). The average Bonchev–Trinajstić information content (AvgIpc) is 2.70. The number of amides is 1. The summed E-state index contributed by atoms with van der Waals surface area (Å²) in [5.74, 6) is 1.07. The molecule has 116 valence electrons. The van der Waals surface area contributed by atoms with Crippen LogP contribution in [0.5, 0.6) is 5.75 Å². The van der Waals surface area contributed by atoms with Gasteiger partial charge in [-0.15, -0.1) is 0 Å². The highest BCUT2D eigenvalue weighted by molar-refractivity contribution is 9.10. The Morgan fingerprint density at radius 3 is 2.73 bits per heavy atom. The van der Waals surface area contributed by atoms with Crippen LogP contribution in [-0.4, -0.2) is 26.8 Å². The number of carbonyl (C=O) groups is 1. The van der Waals surface area contributed by atoms with E-state index < -0.39 is 6.10 Å². The zero-order valence-corrected chi connectivity index (χ0v) is 14.5. The summed E-state index contributed by atoms with van der Waals surface area (Å²) < 4.78 is 8.13. The second-order valence-electron chi connectivity index (χ2n) is 5.41. The summed E-state index contributed by atoms with van der Waals surface area (Å²) in [5.41, 5.74) is 3.00. The van der Waals surface area contributed by atoms with E-state index in [9.17, 15) is 4.79 Å². The first-order chi connectivity index (χ1) is 10.4. The topological polar surface area (TPSA) is 60.2 Å². The van der Waals surface area contributed by atoms with E-state index in [1.54, 1.807) is 17.9 Å². The van der Waals surface area contributed by atoms with Crippen LogP contribution in [0.25, 0.3) is 0 Å². The van der Waals surface area contributed by atoms with E-state index in [0.717, 1.165) is 17.0 Å². The Balaban J connectivity index is 2.05. The van der Waals surface area contributed by atoms with E-state index in [2.05, 4.69) is 26.0 Å². The number of halogens is 1. The molecule has 0 saturated carbocycles. The Labute approximate surface area is 137 Å². The predicted octanol–water partition coefficient (Wildman–Crippen LogP) is 2.51. The van der Waals surface area contributed by atoms with E-state index in [-0.39, 0.29) is 5.91 Å². The van der Waals surface area contributed by atoms with Gasteiger partial charge in [-0.2, -0.15) is 5.10 Å². The lowest BCUT2D eigenvalue weighted by molar-refractivity contribution is -0.125. The van der Waals surface area contributed by atoms with Crippen LogP contribution in [0.2, 0.25) is 0 Å². The van der Waals surface area contributed by atoms with Crippen molar-refractivity contribution in [2.45, 2.75) is 33.4 Å². The maximum atomic E-state index is 12.6. The van der Waals surface area contributed by atoms with Gasteiger partial charge in [0.1, 0.15) is 4.60 Å². The lowest BCUT2D eigenvalue weighted by atomic mass is 10.1. The molecule has 0 aromatic carbocycles. The van der Waals surface area contributed by atoms with Crippen LogP contribution in [0.1, 0.15) is 23.9 Å². The maximum Gasteiger partial charge on any atom is 0.269 e. The Hall–Kier alpha value is -1.89. The monoisotopic (exact) mass is 364 g/mol. The number of ether oxygens (including phenoxy) is 1. The van der Waals surface area contributed by atoms with Gasteiger partial charge in [-0.1, -0.05) is 0 Å². The zero-order chi connectivity index (χ0) is 16.0. The van der Waals surface area contributed by atoms with Crippen LogP contribution < -0.4 is 9.64 Å². The second-order valence-corrected chi connectivity index (χ2v) is 6.23. The number of hydrogen-bond acceptors (Lipinski definition) is 4. The highest BCUT2D eigenvalue weighted by Crippen LogP contribution is 2.35. The maximum absolute atomic E-state index is 12.6. The summed E-state index contributed by atoms with van der Waals surface area (Å²) in [5, 5.41) is 4.41. The lowest BCUT2D eigenvalue weighted by Gasteiger charge is -2.32. The molecule has 6 nitrogen and oxygen atoms in total. The summed E-state index contributed by atoms with van der Waals surface area (Å²) in [6, 6.07) is 3.63. The Bertz CT molecular complexity index is 756. The van der Waals surface area contributed by atoms with Gasteiger partial charge >= 0.3 is 0 Å². The summed E-state index contributed by atoms with van der Waals surface area (Å²) in [7, 11) is 1.90. The third-order valence-corrected chi connectivity index (χ3v) is 4.40. The summed E-state index contributed by atoms with van der Waals surface area (Å²) in [6.07, 6.45) is -0.521. The van der Waals surface area contributed by atoms with Gasteiger partial charge in [0.15, 0.2) is 17.7 Å². The van der Waals surface area contributed by atoms with E-state index >= 15 is 0 Å². The minimum Gasteiger partial charge on any atom is -0.477 e. The van der Waals surface area contributed by atoms with Crippen molar-refractivity contribution in [2.75, 3.05) is 4.90 Å². The molecule has 0 unspecified atom stereocenters. The largest absolute Gasteiger partial charge is 0.477 e. The smallest absolute Gasteiger partial charge is 0.269 e. The van der Waals surface area contributed by atoms with E-state index in [1.807, 2.05) is 31.6 Å². The molecule has 7 heteroatoms. The van der Waals surface area contributed by atoms with Crippen LogP contribution in [0.4, 0.5) is 5.82 Å². The first kappa shape index (κ1) is 15.0. The minimum atomic E-state index is -0.521.